The average Bonchev–Trinajstić information content (AvgIpc) is 2.64. The smallest absolute Gasteiger partial charge is 0.147 e. The van der Waals surface area contributed by atoms with Gasteiger partial charge in [0, 0.05) is 18.1 Å². The molecule has 20 heavy (non-hydrogen) atoms. The predicted molar refractivity (Wildman–Crippen MR) is 87.8 cm³/mol. The molecule has 0 aromatic carbocycles. The van der Waals surface area contributed by atoms with E-state index < -0.39 is 0 Å². The van der Waals surface area contributed by atoms with Crippen molar-refractivity contribution in [3.05, 3.63) is 15.0 Å². The number of rotatable bonds is 7. The molecule has 0 spiro atoms. The third kappa shape index (κ3) is 4.41. The Morgan fingerprint density at radius 1 is 1.10 bits per heavy atom. The van der Waals surface area contributed by atoms with Crippen LogP contribution in [-0.2, 0) is 11.4 Å². The van der Waals surface area contributed by atoms with E-state index in [0.29, 0.717) is 18.7 Å². The van der Waals surface area contributed by atoms with Gasteiger partial charge in [-0.3, -0.25) is 4.84 Å². The van der Waals surface area contributed by atoms with Crippen molar-refractivity contribution in [3.63, 3.8) is 0 Å². The highest BCUT2D eigenvalue weighted by Crippen LogP contribution is 2.19. The molecule has 1 aromatic rings. The molecule has 0 atom stereocenters. The number of halogens is 1. The van der Waals surface area contributed by atoms with Crippen LogP contribution in [0.5, 0.6) is 0 Å². The van der Waals surface area contributed by atoms with Gasteiger partial charge >= 0.3 is 0 Å². The minimum absolute atomic E-state index is 0.255. The summed E-state index contributed by atoms with van der Waals surface area (Å²) in [5.41, 5.74) is 0.848. The highest BCUT2D eigenvalue weighted by atomic mass is 127. The van der Waals surface area contributed by atoms with E-state index >= 15 is 0 Å². The van der Waals surface area contributed by atoms with Crippen LogP contribution in [0.1, 0.15) is 53.0 Å². The van der Waals surface area contributed by atoms with Crippen molar-refractivity contribution in [3.8, 4) is 0 Å². The molecule has 0 fully saturated rings. The van der Waals surface area contributed by atoms with Crippen molar-refractivity contribution >= 4 is 22.6 Å². The van der Waals surface area contributed by atoms with Gasteiger partial charge in [0.15, 0.2) is 0 Å². The van der Waals surface area contributed by atoms with Gasteiger partial charge in [-0.1, -0.05) is 5.16 Å². The number of hydrazine groups is 1. The fourth-order valence-corrected chi connectivity index (χ4v) is 2.51. The fraction of sp³-hybridized carbons (Fsp3) is 0.786. The Balaban J connectivity index is 2.79. The maximum absolute atomic E-state index is 6.00. The molecule has 1 rings (SSSR count). The van der Waals surface area contributed by atoms with Crippen LogP contribution in [0.4, 0.5) is 0 Å². The second kappa shape index (κ2) is 7.72. The molecule has 0 aliphatic carbocycles. The van der Waals surface area contributed by atoms with Gasteiger partial charge in [0.2, 0.25) is 0 Å². The van der Waals surface area contributed by atoms with Crippen molar-refractivity contribution in [2.75, 3.05) is 0 Å². The standard InChI is InChI=1S/C14H26IN3O2/c1-9(2)17(10(3)4)18(11(5)6)19-8-13-14(15)12(7)20-16-13/h9-11H,8H2,1-7H3. The number of aryl methyl sites for hydroxylation is 1. The summed E-state index contributed by atoms with van der Waals surface area (Å²) in [5.74, 6) is 0.838. The van der Waals surface area contributed by atoms with E-state index in [-0.39, 0.29) is 6.04 Å². The normalized spacial score (nSPS) is 12.7. The largest absolute Gasteiger partial charge is 0.360 e. The topological polar surface area (TPSA) is 41.7 Å². The third-order valence-electron chi connectivity index (χ3n) is 2.92. The Morgan fingerprint density at radius 3 is 2.00 bits per heavy atom. The van der Waals surface area contributed by atoms with Crippen molar-refractivity contribution < 1.29 is 9.36 Å². The van der Waals surface area contributed by atoms with E-state index in [9.17, 15) is 0 Å². The van der Waals surface area contributed by atoms with E-state index in [1.165, 1.54) is 0 Å². The lowest BCUT2D eigenvalue weighted by Crippen LogP contribution is -2.53. The van der Waals surface area contributed by atoms with E-state index in [4.69, 9.17) is 9.36 Å². The molecule has 0 saturated carbocycles. The van der Waals surface area contributed by atoms with Gasteiger partial charge in [-0.05, 0) is 71.1 Å². The average molecular weight is 395 g/mol. The number of hydrogen-bond acceptors (Lipinski definition) is 5. The van der Waals surface area contributed by atoms with Crippen LogP contribution in [0.15, 0.2) is 4.52 Å². The van der Waals surface area contributed by atoms with Crippen LogP contribution in [-0.4, -0.2) is 33.5 Å². The van der Waals surface area contributed by atoms with Crippen LogP contribution >= 0.6 is 22.6 Å². The molecule has 0 radical (unpaired) electrons. The molecule has 1 heterocycles. The first kappa shape index (κ1) is 17.9. The predicted octanol–water partition coefficient (Wildman–Crippen LogP) is 3.76. The minimum Gasteiger partial charge on any atom is -0.360 e. The van der Waals surface area contributed by atoms with Gasteiger partial charge < -0.3 is 4.52 Å². The molecule has 5 nitrogen and oxygen atoms in total. The summed E-state index contributed by atoms with van der Waals surface area (Å²) in [4.78, 5) is 6.00. The fourth-order valence-electron chi connectivity index (χ4n) is 2.16. The van der Waals surface area contributed by atoms with Gasteiger partial charge in [0.1, 0.15) is 18.1 Å². The zero-order chi connectivity index (χ0) is 15.4. The molecule has 0 saturated heterocycles. The summed E-state index contributed by atoms with van der Waals surface area (Å²) in [7, 11) is 0. The summed E-state index contributed by atoms with van der Waals surface area (Å²) < 4.78 is 6.21. The molecular formula is C14H26IN3O2. The molecule has 1 aromatic heterocycles. The number of hydroxylamine groups is 1. The molecule has 116 valence electrons. The van der Waals surface area contributed by atoms with Gasteiger partial charge in [-0.25, -0.2) is 5.01 Å². The highest BCUT2D eigenvalue weighted by Gasteiger charge is 2.25. The Kier molecular flexibility index (Phi) is 6.90. The van der Waals surface area contributed by atoms with Crippen LogP contribution < -0.4 is 0 Å². The Labute approximate surface area is 135 Å². The second-order valence-corrected chi connectivity index (χ2v) is 6.82. The number of hydrogen-bond donors (Lipinski definition) is 0. The summed E-state index contributed by atoms with van der Waals surface area (Å²) in [5, 5.41) is 8.24. The minimum atomic E-state index is 0.255. The second-order valence-electron chi connectivity index (χ2n) is 5.74. The highest BCUT2D eigenvalue weighted by molar-refractivity contribution is 14.1. The Hall–Kier alpha value is -0.180. The monoisotopic (exact) mass is 395 g/mol. The van der Waals surface area contributed by atoms with Gasteiger partial charge in [0.05, 0.1) is 3.57 Å². The maximum atomic E-state index is 6.00. The van der Waals surface area contributed by atoms with E-state index in [1.54, 1.807) is 0 Å². The molecule has 0 N–H and O–H groups in total. The lowest BCUT2D eigenvalue weighted by Gasteiger charge is -2.41. The lowest BCUT2D eigenvalue weighted by molar-refractivity contribution is -0.328. The molecule has 0 amide bonds. The van der Waals surface area contributed by atoms with Crippen LogP contribution in [0.3, 0.4) is 0 Å². The molecule has 0 aliphatic heterocycles. The van der Waals surface area contributed by atoms with Crippen LogP contribution in [0, 0.1) is 10.5 Å². The van der Waals surface area contributed by atoms with E-state index in [2.05, 4.69) is 74.3 Å². The zero-order valence-electron chi connectivity index (χ0n) is 13.5. The van der Waals surface area contributed by atoms with Crippen LogP contribution in [0.2, 0.25) is 0 Å². The van der Waals surface area contributed by atoms with Crippen molar-refractivity contribution in [2.45, 2.75) is 73.2 Å². The first-order valence-electron chi connectivity index (χ1n) is 7.06. The summed E-state index contributed by atoms with van der Waals surface area (Å²) in [6, 6.07) is 0.997. The summed E-state index contributed by atoms with van der Waals surface area (Å²) >= 11 is 2.24. The Bertz CT molecular complexity index is 411. The number of nitrogens with zero attached hydrogens (tertiary/aromatic N) is 3. The molecule has 0 aliphatic rings. The summed E-state index contributed by atoms with van der Waals surface area (Å²) in [6.07, 6.45) is 0. The third-order valence-corrected chi connectivity index (χ3v) is 4.30. The van der Waals surface area contributed by atoms with Crippen molar-refractivity contribution in [1.29, 1.82) is 0 Å². The van der Waals surface area contributed by atoms with Crippen molar-refractivity contribution in [1.82, 2.24) is 15.3 Å². The maximum Gasteiger partial charge on any atom is 0.147 e. The quantitative estimate of drug-likeness (QED) is 0.520. The zero-order valence-corrected chi connectivity index (χ0v) is 15.6. The lowest BCUT2D eigenvalue weighted by atomic mass is 10.3. The first-order valence-corrected chi connectivity index (χ1v) is 8.14. The van der Waals surface area contributed by atoms with Crippen LogP contribution in [0.25, 0.3) is 0 Å². The SMILES string of the molecule is Cc1onc(CON(C(C)C)N(C(C)C)C(C)C)c1I. The van der Waals surface area contributed by atoms with E-state index in [1.807, 2.05) is 12.1 Å². The molecule has 0 unspecified atom stereocenters. The molecule has 0 bridgehead atoms. The van der Waals surface area contributed by atoms with Gasteiger partial charge in [0.25, 0.3) is 0 Å². The molecular weight excluding hydrogens is 369 g/mol. The first-order chi connectivity index (χ1) is 9.25. The van der Waals surface area contributed by atoms with E-state index in [0.717, 1.165) is 15.0 Å². The summed E-state index contributed by atoms with van der Waals surface area (Å²) in [6.45, 7) is 15.3. The number of aromatic nitrogens is 1. The Morgan fingerprint density at radius 2 is 1.65 bits per heavy atom. The van der Waals surface area contributed by atoms with Gasteiger partial charge in [-0.2, -0.15) is 0 Å². The van der Waals surface area contributed by atoms with Crippen molar-refractivity contribution in [2.24, 2.45) is 0 Å². The molecule has 6 heteroatoms. The van der Waals surface area contributed by atoms with Gasteiger partial charge in [-0.15, -0.1) is 5.17 Å².